The van der Waals surface area contributed by atoms with Crippen molar-refractivity contribution in [2.24, 2.45) is 0 Å². The normalized spacial score (nSPS) is 10.6. The topological polar surface area (TPSA) is 70.7 Å². The first kappa shape index (κ1) is 11.7. The number of rotatable bonds is 2. The molecule has 0 unspecified atom stereocenters. The van der Waals surface area contributed by atoms with Crippen LogP contribution < -0.4 is 5.32 Å². The summed E-state index contributed by atoms with van der Waals surface area (Å²) in [5.41, 5.74) is 2.87. The lowest BCUT2D eigenvalue weighted by Crippen LogP contribution is -2.11. The fraction of sp³-hybridized carbons (Fsp3) is 0. The molecule has 2 heterocycles. The summed E-state index contributed by atoms with van der Waals surface area (Å²) in [7, 11) is 0. The van der Waals surface area contributed by atoms with E-state index in [0.29, 0.717) is 11.3 Å². The first-order chi connectivity index (χ1) is 9.22. The summed E-state index contributed by atoms with van der Waals surface area (Å²) in [6, 6.07) is 8.58. The van der Waals surface area contributed by atoms with Crippen molar-refractivity contribution in [3.05, 3.63) is 53.6 Å². The van der Waals surface area contributed by atoms with E-state index in [4.69, 9.17) is 11.6 Å². The van der Waals surface area contributed by atoms with Gasteiger partial charge < -0.3 is 10.3 Å². The molecule has 0 fully saturated rings. The number of fused-ring (bicyclic) bond motifs is 1. The summed E-state index contributed by atoms with van der Waals surface area (Å²) in [5, 5.41) is 3.08. The zero-order chi connectivity index (χ0) is 13.2. The molecular formula is C13H9ClN4O. The van der Waals surface area contributed by atoms with Gasteiger partial charge >= 0.3 is 0 Å². The maximum absolute atomic E-state index is 12.0. The number of hydrogen-bond donors (Lipinski definition) is 2. The van der Waals surface area contributed by atoms with Crippen molar-refractivity contribution in [3.8, 4) is 0 Å². The molecule has 0 saturated heterocycles. The predicted molar refractivity (Wildman–Crippen MR) is 73.3 cm³/mol. The fourth-order valence-electron chi connectivity index (χ4n) is 1.76. The van der Waals surface area contributed by atoms with E-state index in [0.717, 1.165) is 11.0 Å². The highest BCUT2D eigenvalue weighted by atomic mass is 35.5. The third-order valence-electron chi connectivity index (χ3n) is 2.67. The minimum absolute atomic E-state index is 0.233. The van der Waals surface area contributed by atoms with Crippen LogP contribution >= 0.6 is 11.6 Å². The molecule has 0 saturated carbocycles. The van der Waals surface area contributed by atoms with Gasteiger partial charge in [-0.15, -0.1) is 0 Å². The number of amides is 1. The molecule has 0 aliphatic heterocycles. The van der Waals surface area contributed by atoms with Gasteiger partial charge in [-0.2, -0.15) is 0 Å². The number of imidazole rings is 1. The van der Waals surface area contributed by atoms with Gasteiger partial charge in [0.25, 0.3) is 5.91 Å². The molecule has 94 valence electrons. The number of carbonyl (C=O) groups excluding carboxylic acids is 1. The van der Waals surface area contributed by atoms with Gasteiger partial charge in [0.15, 0.2) is 0 Å². The van der Waals surface area contributed by atoms with Crippen LogP contribution in [0, 0.1) is 0 Å². The van der Waals surface area contributed by atoms with Crippen LogP contribution in [0.25, 0.3) is 11.0 Å². The quantitative estimate of drug-likeness (QED) is 0.705. The van der Waals surface area contributed by atoms with E-state index in [1.165, 1.54) is 12.3 Å². The fourth-order valence-corrected chi connectivity index (χ4v) is 1.93. The molecule has 0 spiro atoms. The van der Waals surface area contributed by atoms with E-state index < -0.39 is 0 Å². The lowest BCUT2D eigenvalue weighted by molar-refractivity contribution is 0.102. The second kappa shape index (κ2) is 4.70. The lowest BCUT2D eigenvalue weighted by Gasteiger charge is -2.05. The number of anilines is 1. The first-order valence-electron chi connectivity index (χ1n) is 5.58. The summed E-state index contributed by atoms with van der Waals surface area (Å²) in [6.45, 7) is 0. The van der Waals surface area contributed by atoms with Crippen molar-refractivity contribution in [1.82, 2.24) is 15.0 Å². The average Bonchev–Trinajstić information content (AvgIpc) is 2.86. The van der Waals surface area contributed by atoms with Gasteiger partial charge in [-0.25, -0.2) is 9.97 Å². The standard InChI is InChI=1S/C13H9ClN4O/c14-12-5-8(3-4-15-12)13(19)18-9-1-2-10-11(6-9)17-7-16-10/h1-7H,(H,16,17)(H,18,19). The second-order valence-corrected chi connectivity index (χ2v) is 4.34. The molecule has 2 N–H and O–H groups in total. The Labute approximate surface area is 113 Å². The molecule has 0 aliphatic rings. The van der Waals surface area contributed by atoms with Gasteiger partial charge in [0.2, 0.25) is 0 Å². The summed E-state index contributed by atoms with van der Waals surface area (Å²) in [6.07, 6.45) is 3.11. The smallest absolute Gasteiger partial charge is 0.255 e. The number of benzene rings is 1. The van der Waals surface area contributed by atoms with E-state index >= 15 is 0 Å². The summed E-state index contributed by atoms with van der Waals surface area (Å²) >= 11 is 5.75. The van der Waals surface area contributed by atoms with Crippen LogP contribution in [0.3, 0.4) is 0 Å². The highest BCUT2D eigenvalue weighted by molar-refractivity contribution is 6.29. The number of H-pyrrole nitrogens is 1. The predicted octanol–water partition coefficient (Wildman–Crippen LogP) is 2.86. The molecule has 0 bridgehead atoms. The van der Waals surface area contributed by atoms with E-state index in [1.807, 2.05) is 12.1 Å². The van der Waals surface area contributed by atoms with Gasteiger partial charge in [0.05, 0.1) is 17.4 Å². The first-order valence-corrected chi connectivity index (χ1v) is 5.96. The minimum atomic E-state index is -0.233. The monoisotopic (exact) mass is 272 g/mol. The average molecular weight is 273 g/mol. The van der Waals surface area contributed by atoms with Crippen LogP contribution in [-0.4, -0.2) is 20.9 Å². The molecule has 0 aliphatic carbocycles. The SMILES string of the molecule is O=C(Nc1ccc2nc[nH]c2c1)c1ccnc(Cl)c1. The Morgan fingerprint density at radius 1 is 1.21 bits per heavy atom. The van der Waals surface area contributed by atoms with Crippen LogP contribution in [-0.2, 0) is 0 Å². The number of aromatic nitrogens is 3. The molecule has 2 aromatic heterocycles. The van der Waals surface area contributed by atoms with Crippen LogP contribution in [0.4, 0.5) is 5.69 Å². The van der Waals surface area contributed by atoms with Crippen LogP contribution in [0.15, 0.2) is 42.9 Å². The van der Waals surface area contributed by atoms with Crippen LogP contribution in [0.1, 0.15) is 10.4 Å². The number of nitrogens with one attached hydrogen (secondary N) is 2. The van der Waals surface area contributed by atoms with Gasteiger partial charge in [0.1, 0.15) is 5.15 Å². The maximum Gasteiger partial charge on any atom is 0.255 e. The molecular weight excluding hydrogens is 264 g/mol. The molecule has 0 atom stereocenters. The minimum Gasteiger partial charge on any atom is -0.345 e. The van der Waals surface area contributed by atoms with Gasteiger partial charge in [-0.05, 0) is 30.3 Å². The van der Waals surface area contributed by atoms with Crippen molar-refractivity contribution in [2.75, 3.05) is 5.32 Å². The Bertz CT molecular complexity index is 753. The van der Waals surface area contributed by atoms with E-state index in [9.17, 15) is 4.79 Å². The molecule has 6 heteroatoms. The number of nitrogens with zero attached hydrogens (tertiary/aromatic N) is 2. The van der Waals surface area contributed by atoms with Crippen molar-refractivity contribution < 1.29 is 4.79 Å². The van der Waals surface area contributed by atoms with Gasteiger partial charge in [-0.3, -0.25) is 4.79 Å². The Hall–Kier alpha value is -2.40. The van der Waals surface area contributed by atoms with Crippen molar-refractivity contribution in [1.29, 1.82) is 0 Å². The van der Waals surface area contributed by atoms with Crippen LogP contribution in [0.2, 0.25) is 5.15 Å². The number of hydrogen-bond acceptors (Lipinski definition) is 3. The van der Waals surface area contributed by atoms with E-state index in [-0.39, 0.29) is 11.1 Å². The zero-order valence-electron chi connectivity index (χ0n) is 9.72. The second-order valence-electron chi connectivity index (χ2n) is 3.96. The number of pyridine rings is 1. The molecule has 19 heavy (non-hydrogen) atoms. The van der Waals surface area contributed by atoms with Gasteiger partial charge in [0, 0.05) is 17.4 Å². The zero-order valence-corrected chi connectivity index (χ0v) is 10.5. The van der Waals surface area contributed by atoms with Crippen molar-refractivity contribution in [3.63, 3.8) is 0 Å². The molecule has 3 aromatic rings. The summed E-state index contributed by atoms with van der Waals surface area (Å²) < 4.78 is 0. The third kappa shape index (κ3) is 2.41. The Balaban J connectivity index is 1.86. The van der Waals surface area contributed by atoms with E-state index in [2.05, 4.69) is 20.3 Å². The number of aromatic amines is 1. The lowest BCUT2D eigenvalue weighted by atomic mass is 10.2. The maximum atomic E-state index is 12.0. The Kier molecular flexibility index (Phi) is 2.89. The molecule has 3 rings (SSSR count). The van der Waals surface area contributed by atoms with Crippen molar-refractivity contribution in [2.45, 2.75) is 0 Å². The number of carbonyl (C=O) groups is 1. The molecule has 1 aromatic carbocycles. The Morgan fingerprint density at radius 3 is 2.95 bits per heavy atom. The Morgan fingerprint density at radius 2 is 2.11 bits per heavy atom. The van der Waals surface area contributed by atoms with Gasteiger partial charge in [-0.1, -0.05) is 11.6 Å². The summed E-state index contributed by atoms with van der Waals surface area (Å²) in [4.78, 5) is 23.0. The highest BCUT2D eigenvalue weighted by Crippen LogP contribution is 2.17. The number of halogens is 1. The summed E-state index contributed by atoms with van der Waals surface area (Å²) in [5.74, 6) is -0.233. The van der Waals surface area contributed by atoms with E-state index in [1.54, 1.807) is 18.5 Å². The third-order valence-corrected chi connectivity index (χ3v) is 2.87. The highest BCUT2D eigenvalue weighted by Gasteiger charge is 2.07. The largest absolute Gasteiger partial charge is 0.345 e. The molecule has 0 radical (unpaired) electrons. The molecule has 5 nitrogen and oxygen atoms in total. The van der Waals surface area contributed by atoms with Crippen molar-refractivity contribution >= 4 is 34.2 Å². The molecule has 1 amide bonds. The van der Waals surface area contributed by atoms with Crippen LogP contribution in [0.5, 0.6) is 0 Å².